The molecule has 5 nitrogen and oxygen atoms in total. The summed E-state index contributed by atoms with van der Waals surface area (Å²) in [5.74, 6) is -1.82. The summed E-state index contributed by atoms with van der Waals surface area (Å²) in [4.78, 5) is 13.8. The summed E-state index contributed by atoms with van der Waals surface area (Å²) in [7, 11) is 0. The average molecular weight is 500 g/mol. The lowest BCUT2D eigenvalue weighted by molar-refractivity contribution is -0.126. The van der Waals surface area contributed by atoms with Crippen molar-refractivity contribution in [2.75, 3.05) is 11.6 Å². The molecular weight excluding hydrogens is 460 g/mol. The summed E-state index contributed by atoms with van der Waals surface area (Å²) >= 11 is 0. The molecule has 2 N–H and O–H groups in total. The van der Waals surface area contributed by atoms with Gasteiger partial charge in [0, 0.05) is 18.5 Å². The zero-order valence-electron chi connectivity index (χ0n) is 22.1. The molecule has 1 aliphatic heterocycles. The van der Waals surface area contributed by atoms with E-state index in [0.29, 0.717) is 31.5 Å². The summed E-state index contributed by atoms with van der Waals surface area (Å²) in [5.41, 5.74) is 0.604. The molecule has 1 aliphatic rings. The number of nitrogens with one attached hydrogen (secondary N) is 1. The zero-order chi connectivity index (χ0) is 26.5. The van der Waals surface area contributed by atoms with Gasteiger partial charge in [0.05, 0.1) is 17.0 Å². The Labute approximate surface area is 213 Å². The lowest BCUT2D eigenvalue weighted by atomic mass is 9.76. The van der Waals surface area contributed by atoms with Gasteiger partial charge in [0.15, 0.2) is 0 Å². The first kappa shape index (κ1) is 27.8. The number of halogens is 2. The van der Waals surface area contributed by atoms with Crippen molar-refractivity contribution >= 4 is 17.3 Å². The van der Waals surface area contributed by atoms with Crippen molar-refractivity contribution in [2.24, 2.45) is 11.0 Å². The van der Waals surface area contributed by atoms with E-state index in [2.05, 4.69) is 12.2 Å². The maximum absolute atomic E-state index is 15.0. The molecule has 7 heteroatoms. The molecule has 2 aromatic carbocycles. The number of rotatable bonds is 11. The number of benzene rings is 2. The Balaban J connectivity index is 1.99. The summed E-state index contributed by atoms with van der Waals surface area (Å²) in [6.07, 6.45) is 4.56. The van der Waals surface area contributed by atoms with Gasteiger partial charge in [-0.2, -0.15) is 5.10 Å². The number of carbonyl (C=O) groups excluding carboxylic acids is 1. The van der Waals surface area contributed by atoms with Crippen LogP contribution in [0.25, 0.3) is 0 Å². The van der Waals surface area contributed by atoms with Crippen molar-refractivity contribution in [1.82, 2.24) is 5.32 Å². The molecule has 1 amide bonds. The summed E-state index contributed by atoms with van der Waals surface area (Å²) < 4.78 is 29.3. The van der Waals surface area contributed by atoms with Gasteiger partial charge in [-0.05, 0) is 71.1 Å². The third kappa shape index (κ3) is 6.30. The van der Waals surface area contributed by atoms with E-state index in [9.17, 15) is 14.3 Å². The van der Waals surface area contributed by atoms with Crippen LogP contribution in [0.2, 0.25) is 0 Å². The molecule has 0 saturated carbocycles. The minimum atomic E-state index is -1.25. The minimum Gasteiger partial charge on any atom is -0.390 e. The Morgan fingerprint density at radius 3 is 2.47 bits per heavy atom. The van der Waals surface area contributed by atoms with Crippen LogP contribution in [0, 0.1) is 24.5 Å². The fraction of sp³-hybridized carbons (Fsp3) is 0.517. The van der Waals surface area contributed by atoms with Crippen molar-refractivity contribution in [3.05, 3.63) is 65.2 Å². The maximum atomic E-state index is 15.0. The quantitative estimate of drug-likeness (QED) is 0.366. The fourth-order valence-electron chi connectivity index (χ4n) is 4.77. The van der Waals surface area contributed by atoms with E-state index < -0.39 is 22.8 Å². The molecule has 36 heavy (non-hydrogen) atoms. The predicted octanol–water partition coefficient (Wildman–Crippen LogP) is 6.12. The van der Waals surface area contributed by atoms with E-state index in [1.807, 2.05) is 31.2 Å². The number of hydrazone groups is 1. The topological polar surface area (TPSA) is 64.9 Å². The molecule has 1 heterocycles. The van der Waals surface area contributed by atoms with Gasteiger partial charge in [0.1, 0.15) is 17.2 Å². The number of hydrogen-bond acceptors (Lipinski definition) is 4. The van der Waals surface area contributed by atoms with Crippen molar-refractivity contribution < 1.29 is 18.7 Å². The van der Waals surface area contributed by atoms with Crippen LogP contribution in [0.4, 0.5) is 14.5 Å². The lowest BCUT2D eigenvalue weighted by Crippen LogP contribution is -2.58. The van der Waals surface area contributed by atoms with Crippen LogP contribution in [0.15, 0.2) is 47.6 Å². The van der Waals surface area contributed by atoms with E-state index >= 15 is 4.39 Å². The molecule has 0 spiro atoms. The second-order valence-electron chi connectivity index (χ2n) is 10.6. The maximum Gasteiger partial charge on any atom is 0.248 e. The summed E-state index contributed by atoms with van der Waals surface area (Å²) in [5, 5.41) is 19.1. The van der Waals surface area contributed by atoms with Gasteiger partial charge in [-0.15, -0.1) is 0 Å². The first-order chi connectivity index (χ1) is 17.0. The Kier molecular flexibility index (Phi) is 8.88. The number of unbranched alkanes of at least 4 members (excludes halogenated alkanes) is 2. The second-order valence-corrected chi connectivity index (χ2v) is 10.6. The number of aryl methyl sites for hydroxylation is 1. The van der Waals surface area contributed by atoms with Crippen LogP contribution >= 0.6 is 0 Å². The van der Waals surface area contributed by atoms with Gasteiger partial charge in [-0.3, -0.25) is 4.79 Å². The molecule has 0 fully saturated rings. The molecule has 0 radical (unpaired) electrons. The Bertz CT molecular complexity index is 1080. The molecule has 0 aromatic heterocycles. The molecule has 2 aromatic rings. The lowest BCUT2D eigenvalue weighted by Gasteiger charge is -2.37. The molecular formula is C29H39F2N3O2. The first-order valence-corrected chi connectivity index (χ1v) is 12.9. The third-order valence-electron chi connectivity index (χ3n) is 6.95. The van der Waals surface area contributed by atoms with Gasteiger partial charge in [0.2, 0.25) is 5.91 Å². The number of anilines is 1. The molecule has 0 aliphatic carbocycles. The minimum absolute atomic E-state index is 0.0571. The highest BCUT2D eigenvalue weighted by atomic mass is 19.1. The van der Waals surface area contributed by atoms with Gasteiger partial charge < -0.3 is 10.4 Å². The predicted molar refractivity (Wildman–Crippen MR) is 141 cm³/mol. The number of aliphatic hydroxyl groups is 1. The highest BCUT2D eigenvalue weighted by Gasteiger charge is 2.54. The molecule has 0 saturated heterocycles. The van der Waals surface area contributed by atoms with E-state index in [0.717, 1.165) is 48.6 Å². The van der Waals surface area contributed by atoms with Gasteiger partial charge >= 0.3 is 0 Å². The van der Waals surface area contributed by atoms with Crippen LogP contribution in [0.1, 0.15) is 77.3 Å². The molecule has 2 atom stereocenters. The second kappa shape index (κ2) is 11.5. The van der Waals surface area contributed by atoms with Gasteiger partial charge in [-0.25, -0.2) is 13.8 Å². The number of carbonyl (C=O) groups is 1. The van der Waals surface area contributed by atoms with Crippen molar-refractivity contribution in [3.8, 4) is 0 Å². The van der Waals surface area contributed by atoms with Crippen LogP contribution in [0.5, 0.6) is 0 Å². The standard InChI is InChI=1S/C29H39F2N3O2/c1-6-7-10-23-26(21-13-11-20(2)12-14-21)33-34(25-19-22(30)15-16-24(25)31)29(23,5)27(35)32-18-9-8-17-28(3,4)36/h11-16,19,23,36H,6-10,17-18H2,1-5H3,(H,32,35). The molecule has 3 rings (SSSR count). The fourth-order valence-corrected chi connectivity index (χ4v) is 4.77. The average Bonchev–Trinajstić information content (AvgIpc) is 3.11. The van der Waals surface area contributed by atoms with Crippen LogP contribution in [0.3, 0.4) is 0 Å². The van der Waals surface area contributed by atoms with E-state index in [1.54, 1.807) is 20.8 Å². The van der Waals surface area contributed by atoms with Gasteiger partial charge in [-0.1, -0.05) is 49.6 Å². The van der Waals surface area contributed by atoms with E-state index in [1.165, 1.54) is 5.01 Å². The largest absolute Gasteiger partial charge is 0.390 e. The molecule has 0 bridgehead atoms. The Morgan fingerprint density at radius 2 is 1.83 bits per heavy atom. The van der Waals surface area contributed by atoms with Gasteiger partial charge in [0.25, 0.3) is 0 Å². The van der Waals surface area contributed by atoms with Crippen LogP contribution < -0.4 is 10.3 Å². The van der Waals surface area contributed by atoms with E-state index in [4.69, 9.17) is 5.10 Å². The Hall–Kier alpha value is -2.80. The highest BCUT2D eigenvalue weighted by molar-refractivity contribution is 6.10. The number of amides is 1. The smallest absolute Gasteiger partial charge is 0.248 e. The van der Waals surface area contributed by atoms with Crippen LogP contribution in [-0.4, -0.2) is 34.4 Å². The number of nitrogens with zero attached hydrogens (tertiary/aromatic N) is 2. The molecule has 2 unspecified atom stereocenters. The van der Waals surface area contributed by atoms with Crippen LogP contribution in [-0.2, 0) is 4.79 Å². The highest BCUT2D eigenvalue weighted by Crippen LogP contribution is 2.42. The van der Waals surface area contributed by atoms with Crippen molar-refractivity contribution in [1.29, 1.82) is 0 Å². The SMILES string of the molecule is CCCCC1C(c2ccc(C)cc2)=NN(c2cc(F)ccc2F)C1(C)C(=O)NCCCCC(C)(C)O. The van der Waals surface area contributed by atoms with Crippen molar-refractivity contribution in [3.63, 3.8) is 0 Å². The van der Waals surface area contributed by atoms with E-state index in [-0.39, 0.29) is 17.5 Å². The summed E-state index contributed by atoms with van der Waals surface area (Å²) in [6.45, 7) is 9.80. The Morgan fingerprint density at radius 1 is 1.14 bits per heavy atom. The monoisotopic (exact) mass is 499 g/mol. The normalized spacial score (nSPS) is 19.9. The summed E-state index contributed by atoms with van der Waals surface area (Å²) in [6, 6.07) is 11.1. The van der Waals surface area contributed by atoms with Crippen molar-refractivity contribution in [2.45, 2.75) is 84.3 Å². The molecule has 196 valence electrons. The first-order valence-electron chi connectivity index (χ1n) is 12.9. The zero-order valence-corrected chi connectivity index (χ0v) is 22.1. The third-order valence-corrected chi connectivity index (χ3v) is 6.95. The number of hydrogen-bond donors (Lipinski definition) is 2.